The highest BCUT2D eigenvalue weighted by atomic mass is 79.9. The molecule has 92 valence electrons. The zero-order valence-electron chi connectivity index (χ0n) is 9.64. The molecule has 0 aliphatic heterocycles. The van der Waals surface area contributed by atoms with Gasteiger partial charge in [-0.1, -0.05) is 6.92 Å². The highest BCUT2D eigenvalue weighted by Crippen LogP contribution is 2.25. The zero-order valence-corrected chi connectivity index (χ0v) is 12.7. The van der Waals surface area contributed by atoms with Gasteiger partial charge in [0.1, 0.15) is 0 Å². The summed E-state index contributed by atoms with van der Waals surface area (Å²) >= 11 is 15.4. The normalized spacial score (nSPS) is 11.4. The summed E-state index contributed by atoms with van der Waals surface area (Å²) in [5, 5.41) is 4.55. The Morgan fingerprint density at radius 3 is 2.38 bits per heavy atom. The van der Waals surface area contributed by atoms with Crippen molar-refractivity contribution in [3.63, 3.8) is 0 Å². The van der Waals surface area contributed by atoms with Crippen LogP contribution >= 0.6 is 39.1 Å². The second-order valence-electron chi connectivity index (χ2n) is 3.76. The van der Waals surface area contributed by atoms with Crippen molar-refractivity contribution in [2.75, 3.05) is 11.8 Å². The van der Waals surface area contributed by atoms with Crippen LogP contribution in [0.15, 0.2) is 4.47 Å². The first-order valence-electron chi connectivity index (χ1n) is 5.53. The largest absolute Gasteiger partial charge is 0.268 e. The van der Waals surface area contributed by atoms with Crippen LogP contribution in [0.3, 0.4) is 0 Å². The van der Waals surface area contributed by atoms with E-state index in [-0.39, 0.29) is 0 Å². The summed E-state index contributed by atoms with van der Waals surface area (Å²) < 4.78 is 3.16. The Kier molecular flexibility index (Phi) is 6.16. The Bertz CT molecular complexity index is 335. The molecule has 0 aromatic carbocycles. The van der Waals surface area contributed by atoms with Gasteiger partial charge in [-0.2, -0.15) is 5.10 Å². The second-order valence-corrected chi connectivity index (χ2v) is 5.17. The van der Waals surface area contributed by atoms with Crippen molar-refractivity contribution in [1.29, 1.82) is 0 Å². The molecule has 1 aromatic heterocycles. The van der Waals surface area contributed by atoms with E-state index in [0.717, 1.165) is 29.6 Å². The first-order chi connectivity index (χ1) is 7.67. The molecule has 0 saturated heterocycles. The lowest BCUT2D eigenvalue weighted by atomic mass is 10.1. The number of aromatic nitrogens is 2. The topological polar surface area (TPSA) is 17.8 Å². The molecule has 0 bridgehead atoms. The molecule has 0 spiro atoms. The molecule has 0 radical (unpaired) electrons. The highest BCUT2D eigenvalue weighted by molar-refractivity contribution is 9.10. The molecule has 1 rings (SSSR count). The summed E-state index contributed by atoms with van der Waals surface area (Å²) in [6, 6.07) is 0. The van der Waals surface area contributed by atoms with Crippen LogP contribution < -0.4 is 0 Å². The van der Waals surface area contributed by atoms with Gasteiger partial charge in [-0.05, 0) is 41.6 Å². The summed E-state index contributed by atoms with van der Waals surface area (Å²) in [6.07, 6.45) is 1.82. The van der Waals surface area contributed by atoms with E-state index in [0.29, 0.717) is 17.7 Å². The van der Waals surface area contributed by atoms with Crippen LogP contribution in [0, 0.1) is 5.92 Å². The third-order valence-corrected chi connectivity index (χ3v) is 4.40. The summed E-state index contributed by atoms with van der Waals surface area (Å²) in [6.45, 7) is 5.08. The molecule has 0 atom stereocenters. The molecule has 0 saturated carbocycles. The van der Waals surface area contributed by atoms with E-state index in [4.69, 9.17) is 23.2 Å². The lowest BCUT2D eigenvalue weighted by Gasteiger charge is -2.11. The molecule has 16 heavy (non-hydrogen) atoms. The Balaban J connectivity index is 2.96. The van der Waals surface area contributed by atoms with E-state index in [9.17, 15) is 0 Å². The molecule has 5 heteroatoms. The van der Waals surface area contributed by atoms with Crippen molar-refractivity contribution in [3.8, 4) is 0 Å². The molecular formula is C11H17BrCl2N2. The van der Waals surface area contributed by atoms with Gasteiger partial charge in [0.05, 0.1) is 15.9 Å². The van der Waals surface area contributed by atoms with Crippen molar-refractivity contribution >= 4 is 39.1 Å². The molecule has 2 nitrogen and oxygen atoms in total. The van der Waals surface area contributed by atoms with E-state index in [2.05, 4.69) is 34.9 Å². The number of nitrogens with zero attached hydrogens (tertiary/aromatic N) is 2. The average Bonchev–Trinajstić information content (AvgIpc) is 2.62. The van der Waals surface area contributed by atoms with Crippen LogP contribution in [-0.2, 0) is 19.4 Å². The van der Waals surface area contributed by atoms with Gasteiger partial charge in [0.15, 0.2) is 0 Å². The molecule has 1 heterocycles. The average molecular weight is 328 g/mol. The number of hydrogen-bond acceptors (Lipinski definition) is 1. The van der Waals surface area contributed by atoms with E-state index in [1.165, 1.54) is 5.69 Å². The Morgan fingerprint density at radius 1 is 1.31 bits per heavy atom. The van der Waals surface area contributed by atoms with Crippen LogP contribution in [0.5, 0.6) is 0 Å². The Hall–Kier alpha value is 0.270. The number of aryl methyl sites for hydroxylation is 2. The lowest BCUT2D eigenvalue weighted by Crippen LogP contribution is -2.13. The van der Waals surface area contributed by atoms with E-state index in [1.54, 1.807) is 0 Å². The minimum Gasteiger partial charge on any atom is -0.268 e. The third kappa shape index (κ3) is 3.14. The standard InChI is InChI=1S/C11H17BrCl2N2/c1-3-9-11(12)10(16(4-2)15-9)5-8(6-13)7-14/h8H,3-7H2,1-2H3. The quantitative estimate of drug-likeness (QED) is 0.725. The number of alkyl halides is 2. The zero-order chi connectivity index (χ0) is 12.1. The van der Waals surface area contributed by atoms with E-state index < -0.39 is 0 Å². The summed E-state index contributed by atoms with van der Waals surface area (Å²) in [4.78, 5) is 0. The Morgan fingerprint density at radius 2 is 1.94 bits per heavy atom. The fourth-order valence-corrected chi connectivity index (χ4v) is 2.91. The van der Waals surface area contributed by atoms with Crippen molar-refractivity contribution in [2.24, 2.45) is 5.92 Å². The molecule has 0 N–H and O–H groups in total. The van der Waals surface area contributed by atoms with Gasteiger partial charge in [-0.25, -0.2) is 0 Å². The van der Waals surface area contributed by atoms with Crippen LogP contribution in [-0.4, -0.2) is 21.5 Å². The number of hydrogen-bond donors (Lipinski definition) is 0. The molecule has 1 aromatic rings. The van der Waals surface area contributed by atoms with E-state index >= 15 is 0 Å². The smallest absolute Gasteiger partial charge is 0.0766 e. The van der Waals surface area contributed by atoms with Gasteiger partial charge in [0.25, 0.3) is 0 Å². The lowest BCUT2D eigenvalue weighted by molar-refractivity contribution is 0.565. The SMILES string of the molecule is CCc1nn(CC)c(CC(CCl)CCl)c1Br. The van der Waals surface area contributed by atoms with Crippen LogP contribution in [0.2, 0.25) is 0 Å². The molecule has 0 aliphatic carbocycles. The Labute approximate surface area is 115 Å². The molecule has 0 amide bonds. The first-order valence-corrected chi connectivity index (χ1v) is 7.40. The van der Waals surface area contributed by atoms with Gasteiger partial charge in [-0.3, -0.25) is 4.68 Å². The van der Waals surface area contributed by atoms with Gasteiger partial charge < -0.3 is 0 Å². The summed E-state index contributed by atoms with van der Waals surface area (Å²) in [5.74, 6) is 1.49. The molecule has 0 aliphatic rings. The van der Waals surface area contributed by atoms with E-state index in [1.807, 2.05) is 4.68 Å². The molecular weight excluding hydrogens is 311 g/mol. The van der Waals surface area contributed by atoms with Crippen molar-refractivity contribution < 1.29 is 0 Å². The van der Waals surface area contributed by atoms with Gasteiger partial charge >= 0.3 is 0 Å². The van der Waals surface area contributed by atoms with Crippen LogP contribution in [0.4, 0.5) is 0 Å². The summed E-state index contributed by atoms with van der Waals surface area (Å²) in [5.41, 5.74) is 2.32. The minimum atomic E-state index is 0.311. The van der Waals surface area contributed by atoms with Crippen molar-refractivity contribution in [3.05, 3.63) is 15.9 Å². The van der Waals surface area contributed by atoms with Crippen molar-refractivity contribution in [1.82, 2.24) is 9.78 Å². The van der Waals surface area contributed by atoms with Crippen LogP contribution in [0.1, 0.15) is 25.2 Å². The first kappa shape index (κ1) is 14.3. The molecule has 0 unspecified atom stereocenters. The predicted octanol–water partition coefficient (Wildman–Crippen LogP) is 3.86. The van der Waals surface area contributed by atoms with Crippen LogP contribution in [0.25, 0.3) is 0 Å². The maximum Gasteiger partial charge on any atom is 0.0766 e. The predicted molar refractivity (Wildman–Crippen MR) is 73.6 cm³/mol. The fourth-order valence-electron chi connectivity index (χ4n) is 1.64. The third-order valence-electron chi connectivity index (χ3n) is 2.61. The maximum atomic E-state index is 5.88. The number of rotatable bonds is 6. The number of halogens is 3. The van der Waals surface area contributed by atoms with Crippen molar-refractivity contribution in [2.45, 2.75) is 33.2 Å². The monoisotopic (exact) mass is 326 g/mol. The van der Waals surface area contributed by atoms with Gasteiger partial charge in [0, 0.05) is 18.3 Å². The minimum absolute atomic E-state index is 0.311. The molecule has 0 fully saturated rings. The summed E-state index contributed by atoms with van der Waals surface area (Å²) in [7, 11) is 0. The van der Waals surface area contributed by atoms with Gasteiger partial charge in [-0.15, -0.1) is 23.2 Å². The van der Waals surface area contributed by atoms with Gasteiger partial charge in [0.2, 0.25) is 0 Å². The second kappa shape index (κ2) is 6.87. The fraction of sp³-hybridized carbons (Fsp3) is 0.727. The highest BCUT2D eigenvalue weighted by Gasteiger charge is 2.17. The maximum absolute atomic E-state index is 5.88.